The van der Waals surface area contributed by atoms with Crippen molar-refractivity contribution in [1.82, 2.24) is 19.7 Å². The van der Waals surface area contributed by atoms with Gasteiger partial charge in [-0.1, -0.05) is 11.6 Å². The first kappa shape index (κ1) is 20.5. The second-order valence-electron chi connectivity index (χ2n) is 7.98. The number of nitrogens with zero attached hydrogens (tertiary/aromatic N) is 4. The first-order chi connectivity index (χ1) is 13.2. The van der Waals surface area contributed by atoms with Crippen LogP contribution < -0.4 is 4.74 Å². The lowest BCUT2D eigenvalue weighted by Gasteiger charge is -2.33. The highest BCUT2D eigenvalue weighted by atomic mass is 35.5. The number of amides is 1. The molecule has 152 valence electrons. The van der Waals surface area contributed by atoms with Gasteiger partial charge in [0.2, 0.25) is 0 Å². The van der Waals surface area contributed by atoms with E-state index in [0.29, 0.717) is 29.7 Å². The Morgan fingerprint density at radius 3 is 2.50 bits per heavy atom. The maximum absolute atomic E-state index is 12.3. The topological polar surface area (TPSA) is 69.5 Å². The van der Waals surface area contributed by atoms with Gasteiger partial charge in [-0.05, 0) is 58.7 Å². The molecule has 3 rings (SSSR count). The van der Waals surface area contributed by atoms with Crippen molar-refractivity contribution < 1.29 is 14.3 Å². The van der Waals surface area contributed by atoms with Crippen LogP contribution in [0.2, 0.25) is 5.02 Å². The van der Waals surface area contributed by atoms with Crippen LogP contribution >= 0.6 is 11.6 Å². The number of aromatic nitrogens is 3. The summed E-state index contributed by atoms with van der Waals surface area (Å²) in [5.41, 5.74) is 0.401. The average Bonchev–Trinajstić information content (AvgIpc) is 3.02. The Morgan fingerprint density at radius 2 is 1.93 bits per heavy atom. The molecule has 8 heteroatoms. The molecule has 1 amide bonds. The molecule has 0 radical (unpaired) electrons. The summed E-state index contributed by atoms with van der Waals surface area (Å²) in [5.74, 6) is 2.10. The van der Waals surface area contributed by atoms with E-state index < -0.39 is 5.60 Å². The number of rotatable bonds is 3. The lowest BCUT2D eigenvalue weighted by atomic mass is 10.0. The normalized spacial score (nSPS) is 15.6. The van der Waals surface area contributed by atoms with Crippen molar-refractivity contribution in [3.05, 3.63) is 29.0 Å². The molecule has 2 heterocycles. The fourth-order valence-electron chi connectivity index (χ4n) is 3.31. The van der Waals surface area contributed by atoms with Crippen LogP contribution in [0.3, 0.4) is 0 Å². The third kappa shape index (κ3) is 4.58. The van der Waals surface area contributed by atoms with E-state index >= 15 is 0 Å². The molecule has 28 heavy (non-hydrogen) atoms. The summed E-state index contributed by atoms with van der Waals surface area (Å²) in [5, 5.41) is 5.14. The Bertz CT molecular complexity index is 852. The fourth-order valence-corrected chi connectivity index (χ4v) is 3.56. The summed E-state index contributed by atoms with van der Waals surface area (Å²) in [6.07, 6.45) is 1.32. The molecule has 1 aliphatic rings. The standard InChI is InChI=1S/C20H27ClN4O3/c1-13-22-18(14-6-7-17(27-5)16(21)12-14)25(23-13)15-8-10-24(11-9-15)19(26)28-20(2,3)4/h6-7,12,15H,8-11H2,1-5H3. The predicted molar refractivity (Wildman–Crippen MR) is 108 cm³/mol. The van der Waals surface area contributed by atoms with Gasteiger partial charge in [0, 0.05) is 18.7 Å². The van der Waals surface area contributed by atoms with Gasteiger partial charge in [-0.15, -0.1) is 0 Å². The molecular formula is C20H27ClN4O3. The zero-order valence-electron chi connectivity index (χ0n) is 17.0. The van der Waals surface area contributed by atoms with E-state index in [4.69, 9.17) is 21.1 Å². The number of ether oxygens (including phenoxy) is 2. The van der Waals surface area contributed by atoms with Crippen molar-refractivity contribution in [3.8, 4) is 17.1 Å². The predicted octanol–water partition coefficient (Wildman–Crippen LogP) is 4.49. The molecule has 1 aromatic heterocycles. The van der Waals surface area contributed by atoms with Gasteiger partial charge in [-0.2, -0.15) is 5.10 Å². The Kier molecular flexibility index (Phi) is 5.84. The van der Waals surface area contributed by atoms with E-state index in [0.717, 1.165) is 24.2 Å². The highest BCUT2D eigenvalue weighted by molar-refractivity contribution is 6.32. The monoisotopic (exact) mass is 406 g/mol. The minimum atomic E-state index is -0.488. The average molecular weight is 407 g/mol. The van der Waals surface area contributed by atoms with Gasteiger partial charge < -0.3 is 14.4 Å². The van der Waals surface area contributed by atoms with E-state index in [9.17, 15) is 4.79 Å². The van der Waals surface area contributed by atoms with Crippen molar-refractivity contribution in [1.29, 1.82) is 0 Å². The summed E-state index contributed by atoms with van der Waals surface area (Å²) in [6, 6.07) is 5.77. The first-order valence-corrected chi connectivity index (χ1v) is 9.80. The van der Waals surface area contributed by atoms with Crippen LogP contribution in [0, 0.1) is 6.92 Å². The summed E-state index contributed by atoms with van der Waals surface area (Å²) in [4.78, 5) is 18.7. The molecule has 1 fully saturated rings. The van der Waals surface area contributed by atoms with Crippen LogP contribution in [0.5, 0.6) is 5.75 Å². The number of carbonyl (C=O) groups is 1. The van der Waals surface area contributed by atoms with E-state index in [1.807, 2.05) is 50.6 Å². The molecule has 2 aromatic rings. The fraction of sp³-hybridized carbons (Fsp3) is 0.550. The quantitative estimate of drug-likeness (QED) is 0.751. The summed E-state index contributed by atoms with van der Waals surface area (Å²) >= 11 is 6.29. The zero-order chi connectivity index (χ0) is 20.5. The number of hydrogen-bond donors (Lipinski definition) is 0. The van der Waals surface area contributed by atoms with Gasteiger partial charge in [0.25, 0.3) is 0 Å². The first-order valence-electron chi connectivity index (χ1n) is 9.43. The number of carbonyl (C=O) groups excluding carboxylic acids is 1. The number of halogens is 1. The Labute approximate surface area is 170 Å². The van der Waals surface area contributed by atoms with Crippen molar-refractivity contribution in [2.24, 2.45) is 0 Å². The Balaban J connectivity index is 1.76. The highest BCUT2D eigenvalue weighted by Gasteiger charge is 2.29. The number of hydrogen-bond acceptors (Lipinski definition) is 5. The van der Waals surface area contributed by atoms with Crippen LogP contribution in [0.25, 0.3) is 11.4 Å². The van der Waals surface area contributed by atoms with Crippen LogP contribution in [-0.4, -0.2) is 51.6 Å². The second kappa shape index (κ2) is 7.99. The summed E-state index contributed by atoms with van der Waals surface area (Å²) in [6.45, 7) is 8.76. The van der Waals surface area contributed by atoms with E-state index in [-0.39, 0.29) is 12.1 Å². The summed E-state index contributed by atoms with van der Waals surface area (Å²) in [7, 11) is 1.59. The molecule has 7 nitrogen and oxygen atoms in total. The molecular weight excluding hydrogens is 380 g/mol. The molecule has 1 aliphatic heterocycles. The number of methoxy groups -OCH3 is 1. The third-order valence-electron chi connectivity index (χ3n) is 4.61. The molecule has 0 atom stereocenters. The molecule has 0 spiro atoms. The third-order valence-corrected chi connectivity index (χ3v) is 4.90. The molecule has 1 aromatic carbocycles. The van der Waals surface area contributed by atoms with E-state index in [2.05, 4.69) is 10.1 Å². The summed E-state index contributed by atoms with van der Waals surface area (Å²) < 4.78 is 12.7. The van der Waals surface area contributed by atoms with Crippen LogP contribution in [0.1, 0.15) is 45.5 Å². The number of likely N-dealkylation sites (tertiary alicyclic amines) is 1. The lowest BCUT2D eigenvalue weighted by molar-refractivity contribution is 0.0185. The van der Waals surface area contributed by atoms with Crippen molar-refractivity contribution in [3.63, 3.8) is 0 Å². The Morgan fingerprint density at radius 1 is 1.25 bits per heavy atom. The molecule has 0 N–H and O–H groups in total. The number of piperidine rings is 1. The maximum Gasteiger partial charge on any atom is 0.410 e. The minimum absolute atomic E-state index is 0.163. The van der Waals surface area contributed by atoms with E-state index in [1.54, 1.807) is 12.0 Å². The van der Waals surface area contributed by atoms with Crippen LogP contribution in [0.15, 0.2) is 18.2 Å². The van der Waals surface area contributed by atoms with Crippen molar-refractivity contribution >= 4 is 17.7 Å². The van der Waals surface area contributed by atoms with Crippen LogP contribution in [-0.2, 0) is 4.74 Å². The lowest BCUT2D eigenvalue weighted by Crippen LogP contribution is -2.42. The number of benzene rings is 1. The molecule has 0 aliphatic carbocycles. The molecule has 0 saturated carbocycles. The number of aryl methyl sites for hydroxylation is 1. The van der Waals surface area contributed by atoms with Gasteiger partial charge in [0.1, 0.15) is 17.2 Å². The van der Waals surface area contributed by atoms with Gasteiger partial charge in [0.15, 0.2) is 5.82 Å². The molecule has 0 bridgehead atoms. The van der Waals surface area contributed by atoms with Gasteiger partial charge in [-0.25, -0.2) is 14.5 Å². The minimum Gasteiger partial charge on any atom is -0.495 e. The smallest absolute Gasteiger partial charge is 0.410 e. The van der Waals surface area contributed by atoms with Crippen molar-refractivity contribution in [2.75, 3.05) is 20.2 Å². The Hall–Kier alpha value is -2.28. The van der Waals surface area contributed by atoms with Crippen molar-refractivity contribution in [2.45, 2.75) is 52.2 Å². The molecule has 1 saturated heterocycles. The van der Waals surface area contributed by atoms with Gasteiger partial charge >= 0.3 is 6.09 Å². The molecule has 0 unspecified atom stereocenters. The second-order valence-corrected chi connectivity index (χ2v) is 8.38. The SMILES string of the molecule is COc1ccc(-c2nc(C)nn2C2CCN(C(=O)OC(C)(C)C)CC2)cc1Cl. The largest absolute Gasteiger partial charge is 0.495 e. The van der Waals surface area contributed by atoms with Gasteiger partial charge in [-0.3, -0.25) is 0 Å². The maximum atomic E-state index is 12.3. The van der Waals surface area contributed by atoms with E-state index in [1.165, 1.54) is 0 Å². The highest BCUT2D eigenvalue weighted by Crippen LogP contribution is 2.32. The van der Waals surface area contributed by atoms with Gasteiger partial charge in [0.05, 0.1) is 18.2 Å². The zero-order valence-corrected chi connectivity index (χ0v) is 17.8. The van der Waals surface area contributed by atoms with Crippen LogP contribution in [0.4, 0.5) is 4.79 Å².